The Hall–Kier alpha value is -2.21. The van der Waals surface area contributed by atoms with E-state index in [-0.39, 0.29) is 5.82 Å². The van der Waals surface area contributed by atoms with Gasteiger partial charge in [-0.1, -0.05) is 6.07 Å². The summed E-state index contributed by atoms with van der Waals surface area (Å²) in [5.74, 6) is -0.385. The average molecular weight is 212 g/mol. The van der Waals surface area contributed by atoms with Gasteiger partial charge < -0.3 is 0 Å². The molecule has 1 aromatic carbocycles. The van der Waals surface area contributed by atoms with Gasteiger partial charge in [0.05, 0.1) is 11.6 Å². The molecule has 16 heavy (non-hydrogen) atoms. The second-order valence-corrected chi connectivity index (χ2v) is 3.49. The molecule has 0 unspecified atom stereocenters. The highest BCUT2D eigenvalue weighted by Gasteiger charge is 2.06. The summed E-state index contributed by atoms with van der Waals surface area (Å²) in [5.41, 5.74) is 2.42. The Morgan fingerprint density at radius 2 is 2.06 bits per heavy atom. The van der Waals surface area contributed by atoms with Crippen LogP contribution in [0.2, 0.25) is 0 Å². The van der Waals surface area contributed by atoms with Crippen molar-refractivity contribution in [1.29, 1.82) is 5.26 Å². The molecule has 1 heterocycles. The minimum Gasteiger partial charge on any atom is -0.262 e. The molecule has 0 N–H and O–H groups in total. The van der Waals surface area contributed by atoms with Crippen molar-refractivity contribution < 1.29 is 4.39 Å². The predicted octanol–water partition coefficient (Wildman–Crippen LogP) is 3.07. The number of nitrogens with zero attached hydrogens (tertiary/aromatic N) is 2. The first-order valence-electron chi connectivity index (χ1n) is 4.83. The van der Waals surface area contributed by atoms with Crippen LogP contribution in [0.5, 0.6) is 0 Å². The van der Waals surface area contributed by atoms with Gasteiger partial charge in [-0.2, -0.15) is 5.26 Å². The molecular formula is C13H9FN2. The molecule has 78 valence electrons. The van der Waals surface area contributed by atoms with Gasteiger partial charge in [0.25, 0.3) is 0 Å². The summed E-state index contributed by atoms with van der Waals surface area (Å²) in [5, 5.41) is 8.64. The fourth-order valence-electron chi connectivity index (χ4n) is 1.53. The van der Waals surface area contributed by atoms with Crippen molar-refractivity contribution in [3.05, 3.63) is 53.6 Å². The molecule has 2 rings (SSSR count). The van der Waals surface area contributed by atoms with Gasteiger partial charge in [-0.15, -0.1) is 0 Å². The van der Waals surface area contributed by atoms with Gasteiger partial charge >= 0.3 is 0 Å². The van der Waals surface area contributed by atoms with E-state index in [1.165, 1.54) is 6.07 Å². The van der Waals surface area contributed by atoms with Gasteiger partial charge in [-0.3, -0.25) is 4.98 Å². The van der Waals surface area contributed by atoms with Crippen molar-refractivity contribution in [3.8, 4) is 17.2 Å². The lowest BCUT2D eigenvalue weighted by Gasteiger charge is -2.04. The van der Waals surface area contributed by atoms with E-state index in [9.17, 15) is 4.39 Å². The van der Waals surface area contributed by atoms with Gasteiger partial charge in [-0.05, 0) is 36.8 Å². The first-order valence-corrected chi connectivity index (χ1v) is 4.83. The van der Waals surface area contributed by atoms with Crippen LogP contribution in [0.3, 0.4) is 0 Å². The number of aryl methyl sites for hydroxylation is 1. The van der Waals surface area contributed by atoms with E-state index < -0.39 is 0 Å². The zero-order valence-corrected chi connectivity index (χ0v) is 8.74. The third kappa shape index (κ3) is 1.91. The topological polar surface area (TPSA) is 36.7 Å². The Labute approximate surface area is 93.0 Å². The molecule has 0 radical (unpaired) electrons. The van der Waals surface area contributed by atoms with E-state index in [4.69, 9.17) is 5.26 Å². The number of pyridine rings is 1. The van der Waals surface area contributed by atoms with Gasteiger partial charge in [0, 0.05) is 17.5 Å². The Morgan fingerprint density at radius 1 is 1.25 bits per heavy atom. The average Bonchev–Trinajstić information content (AvgIpc) is 2.28. The monoisotopic (exact) mass is 212 g/mol. The number of rotatable bonds is 1. The highest BCUT2D eigenvalue weighted by molar-refractivity contribution is 5.65. The molecule has 0 bridgehead atoms. The Morgan fingerprint density at radius 3 is 2.69 bits per heavy atom. The molecule has 0 spiro atoms. The number of aromatic nitrogens is 1. The molecule has 0 fully saturated rings. The van der Waals surface area contributed by atoms with E-state index in [1.807, 2.05) is 19.1 Å². The summed E-state index contributed by atoms with van der Waals surface area (Å²) in [4.78, 5) is 4.05. The van der Waals surface area contributed by atoms with Gasteiger partial charge in [0.1, 0.15) is 5.82 Å². The molecule has 0 aliphatic rings. The summed E-state index contributed by atoms with van der Waals surface area (Å²) >= 11 is 0. The third-order valence-corrected chi connectivity index (χ3v) is 2.31. The van der Waals surface area contributed by atoms with Crippen LogP contribution in [-0.4, -0.2) is 4.98 Å². The maximum atomic E-state index is 13.7. The van der Waals surface area contributed by atoms with Crippen molar-refractivity contribution in [2.75, 3.05) is 0 Å². The molecule has 0 saturated heterocycles. The van der Waals surface area contributed by atoms with E-state index in [0.29, 0.717) is 11.1 Å². The van der Waals surface area contributed by atoms with Gasteiger partial charge in [0.2, 0.25) is 0 Å². The molecule has 0 atom stereocenters. The maximum absolute atomic E-state index is 13.7. The van der Waals surface area contributed by atoms with Crippen molar-refractivity contribution in [3.63, 3.8) is 0 Å². The first-order chi connectivity index (χ1) is 7.70. The summed E-state index contributed by atoms with van der Waals surface area (Å²) < 4.78 is 13.7. The van der Waals surface area contributed by atoms with Crippen LogP contribution in [0.25, 0.3) is 11.1 Å². The molecule has 0 saturated carbocycles. The highest BCUT2D eigenvalue weighted by Crippen LogP contribution is 2.23. The van der Waals surface area contributed by atoms with Crippen LogP contribution in [-0.2, 0) is 0 Å². The maximum Gasteiger partial charge on any atom is 0.132 e. The highest BCUT2D eigenvalue weighted by atomic mass is 19.1. The van der Waals surface area contributed by atoms with Crippen molar-refractivity contribution in [2.24, 2.45) is 0 Å². The lowest BCUT2D eigenvalue weighted by Crippen LogP contribution is -1.88. The summed E-state index contributed by atoms with van der Waals surface area (Å²) in [6, 6.07) is 9.92. The molecule has 0 aliphatic heterocycles. The lowest BCUT2D eigenvalue weighted by atomic mass is 10.0. The summed E-state index contributed by atoms with van der Waals surface area (Å²) in [6.07, 6.45) is 1.64. The van der Waals surface area contributed by atoms with Crippen LogP contribution < -0.4 is 0 Å². The number of benzene rings is 1. The molecule has 1 aromatic heterocycles. The van der Waals surface area contributed by atoms with Crippen LogP contribution in [0.1, 0.15) is 11.3 Å². The summed E-state index contributed by atoms with van der Waals surface area (Å²) in [6.45, 7) is 1.85. The van der Waals surface area contributed by atoms with E-state index >= 15 is 0 Å². The Kier molecular flexibility index (Phi) is 2.65. The van der Waals surface area contributed by atoms with Crippen LogP contribution >= 0.6 is 0 Å². The second kappa shape index (κ2) is 4.11. The smallest absolute Gasteiger partial charge is 0.132 e. The third-order valence-electron chi connectivity index (χ3n) is 2.31. The molecule has 2 nitrogen and oxygen atoms in total. The zero-order chi connectivity index (χ0) is 11.5. The summed E-state index contributed by atoms with van der Waals surface area (Å²) in [7, 11) is 0. The lowest BCUT2D eigenvalue weighted by molar-refractivity contribution is 0.631. The van der Waals surface area contributed by atoms with Crippen LogP contribution in [0, 0.1) is 24.1 Å². The quantitative estimate of drug-likeness (QED) is 0.728. The van der Waals surface area contributed by atoms with E-state index in [2.05, 4.69) is 4.98 Å². The molecule has 0 aliphatic carbocycles. The second-order valence-electron chi connectivity index (χ2n) is 3.49. The predicted molar refractivity (Wildman–Crippen MR) is 59.1 cm³/mol. The Balaban J connectivity index is 2.53. The van der Waals surface area contributed by atoms with Gasteiger partial charge in [0.15, 0.2) is 0 Å². The fraction of sp³-hybridized carbons (Fsp3) is 0.0769. The SMILES string of the molecule is Cc1cc(-c2ccc(C#N)cc2F)ccn1. The number of nitriles is 1. The first kappa shape index (κ1) is 10.3. The minimum absolute atomic E-state index is 0.326. The number of halogens is 1. The largest absolute Gasteiger partial charge is 0.262 e. The van der Waals surface area contributed by atoms with Crippen LogP contribution in [0.4, 0.5) is 4.39 Å². The number of hydrogen-bond donors (Lipinski definition) is 0. The molecule has 0 amide bonds. The molecule has 2 aromatic rings. The minimum atomic E-state index is -0.385. The molecule has 3 heteroatoms. The normalized spacial score (nSPS) is 9.81. The van der Waals surface area contributed by atoms with E-state index in [0.717, 1.165) is 11.3 Å². The van der Waals surface area contributed by atoms with E-state index in [1.54, 1.807) is 24.4 Å². The van der Waals surface area contributed by atoms with Crippen molar-refractivity contribution in [1.82, 2.24) is 4.98 Å². The van der Waals surface area contributed by atoms with Crippen LogP contribution in [0.15, 0.2) is 36.5 Å². The van der Waals surface area contributed by atoms with Gasteiger partial charge in [-0.25, -0.2) is 4.39 Å². The zero-order valence-electron chi connectivity index (χ0n) is 8.74. The fourth-order valence-corrected chi connectivity index (χ4v) is 1.53. The number of hydrogen-bond acceptors (Lipinski definition) is 2. The van der Waals surface area contributed by atoms with Crippen molar-refractivity contribution in [2.45, 2.75) is 6.92 Å². The Bertz CT molecular complexity index is 570. The van der Waals surface area contributed by atoms with Crippen molar-refractivity contribution >= 4 is 0 Å². The standard InChI is InChI=1S/C13H9FN2/c1-9-6-11(4-5-16-9)12-3-2-10(8-15)7-13(12)14/h2-7H,1H3. The molecular weight excluding hydrogens is 203 g/mol.